The Morgan fingerprint density at radius 2 is 1.73 bits per heavy atom. The smallest absolute Gasteiger partial charge is 0.262 e. The van der Waals surface area contributed by atoms with Crippen LogP contribution >= 0.6 is 11.8 Å². The summed E-state index contributed by atoms with van der Waals surface area (Å²) in [5.74, 6) is -0.633. The second-order valence-corrected chi connectivity index (χ2v) is 7.58. The average Bonchev–Trinajstić information content (AvgIpc) is 2.91. The van der Waals surface area contributed by atoms with E-state index >= 15 is 0 Å². The number of hydrogen-bond acceptors (Lipinski definition) is 4. The largest absolute Gasteiger partial charge is 0.395 e. The summed E-state index contributed by atoms with van der Waals surface area (Å²) in [7, 11) is 0. The molecule has 0 unspecified atom stereocenters. The van der Waals surface area contributed by atoms with E-state index in [1.807, 2.05) is 30.3 Å². The fourth-order valence-corrected chi connectivity index (χ4v) is 4.97. The third kappa shape index (κ3) is 2.08. The van der Waals surface area contributed by atoms with Gasteiger partial charge in [0.05, 0.1) is 24.3 Å². The van der Waals surface area contributed by atoms with Gasteiger partial charge in [0.15, 0.2) is 0 Å². The number of rotatable bonds is 2. The van der Waals surface area contributed by atoms with Gasteiger partial charge in [-0.05, 0) is 40.1 Å². The number of fused-ring (bicyclic) bond motifs is 6. The Morgan fingerprint density at radius 3 is 2.58 bits per heavy atom. The molecule has 0 atom stereocenters. The van der Waals surface area contributed by atoms with Crippen molar-refractivity contribution < 1.29 is 14.7 Å². The number of aliphatic hydroxyl groups excluding tert-OH is 1. The monoisotopic (exact) mass is 361 g/mol. The molecule has 0 radical (unpaired) electrons. The zero-order chi connectivity index (χ0) is 17.8. The van der Waals surface area contributed by atoms with Crippen LogP contribution in [0.1, 0.15) is 31.8 Å². The molecule has 26 heavy (non-hydrogen) atoms. The zero-order valence-electron chi connectivity index (χ0n) is 13.9. The lowest BCUT2D eigenvalue weighted by Gasteiger charge is -2.21. The lowest BCUT2D eigenvalue weighted by Crippen LogP contribution is -2.32. The molecule has 2 amide bonds. The van der Waals surface area contributed by atoms with Gasteiger partial charge in [0.2, 0.25) is 0 Å². The number of carbonyl (C=O) groups excluding carboxylic acids is 2. The molecule has 2 aliphatic rings. The number of carbonyl (C=O) groups is 2. The van der Waals surface area contributed by atoms with Gasteiger partial charge in [0, 0.05) is 16.2 Å². The van der Waals surface area contributed by atoms with Crippen molar-refractivity contribution in [3.8, 4) is 0 Å². The van der Waals surface area contributed by atoms with E-state index in [1.54, 1.807) is 17.8 Å². The van der Waals surface area contributed by atoms with Crippen molar-refractivity contribution >= 4 is 34.3 Å². The SMILES string of the molecule is O=C1c2ccc3c4c(ccc3c2C(=O)N1CCO)Sc1ccccc1C4. The van der Waals surface area contributed by atoms with Crippen LogP contribution in [0.3, 0.4) is 0 Å². The minimum atomic E-state index is -0.321. The lowest BCUT2D eigenvalue weighted by atomic mass is 9.93. The molecule has 0 bridgehead atoms. The predicted molar refractivity (Wildman–Crippen MR) is 99.8 cm³/mol. The van der Waals surface area contributed by atoms with E-state index in [2.05, 4.69) is 12.1 Å². The van der Waals surface area contributed by atoms with Crippen LogP contribution in [-0.2, 0) is 6.42 Å². The van der Waals surface area contributed by atoms with Crippen molar-refractivity contribution in [2.45, 2.75) is 16.2 Å². The molecular formula is C21H15NO3S. The number of benzene rings is 3. The molecular weight excluding hydrogens is 346 g/mol. The molecule has 0 spiro atoms. The van der Waals surface area contributed by atoms with Gasteiger partial charge in [-0.3, -0.25) is 14.5 Å². The number of amides is 2. The van der Waals surface area contributed by atoms with E-state index in [9.17, 15) is 9.59 Å². The Balaban J connectivity index is 1.71. The Morgan fingerprint density at radius 1 is 0.923 bits per heavy atom. The molecule has 0 aliphatic carbocycles. The number of hydrogen-bond donors (Lipinski definition) is 1. The first-order valence-corrected chi connectivity index (χ1v) is 9.32. The molecule has 2 heterocycles. The second-order valence-electron chi connectivity index (χ2n) is 6.50. The summed E-state index contributed by atoms with van der Waals surface area (Å²) in [5, 5.41) is 11.0. The van der Waals surface area contributed by atoms with E-state index < -0.39 is 0 Å². The maximum absolute atomic E-state index is 12.8. The standard InChI is InChI=1S/C21H15NO3S/c23-10-9-22-20(24)15-6-5-13-14(19(15)21(22)25)7-8-18-16(13)11-12-3-1-2-4-17(12)26-18/h1-8,23H,9-11H2. The number of nitrogens with zero attached hydrogens (tertiary/aromatic N) is 1. The van der Waals surface area contributed by atoms with Crippen LogP contribution in [0.2, 0.25) is 0 Å². The van der Waals surface area contributed by atoms with E-state index in [4.69, 9.17) is 5.11 Å². The fourth-order valence-electron chi connectivity index (χ4n) is 3.87. The van der Waals surface area contributed by atoms with Crippen LogP contribution in [0.4, 0.5) is 0 Å². The van der Waals surface area contributed by atoms with E-state index in [1.165, 1.54) is 20.9 Å². The Kier molecular flexibility index (Phi) is 3.42. The summed E-state index contributed by atoms with van der Waals surface area (Å²) in [4.78, 5) is 28.8. The highest BCUT2D eigenvalue weighted by Crippen LogP contribution is 2.43. The molecule has 5 heteroatoms. The highest BCUT2D eigenvalue weighted by atomic mass is 32.2. The van der Waals surface area contributed by atoms with Crippen molar-refractivity contribution in [2.75, 3.05) is 13.2 Å². The normalized spacial score (nSPS) is 15.2. The van der Waals surface area contributed by atoms with E-state index in [0.29, 0.717) is 11.1 Å². The topological polar surface area (TPSA) is 57.6 Å². The minimum absolute atomic E-state index is 0.0298. The highest BCUT2D eigenvalue weighted by molar-refractivity contribution is 7.99. The molecule has 0 saturated heterocycles. The quantitative estimate of drug-likeness (QED) is 0.555. The van der Waals surface area contributed by atoms with Gasteiger partial charge in [-0.15, -0.1) is 0 Å². The van der Waals surface area contributed by atoms with Crippen LogP contribution in [-0.4, -0.2) is 35.0 Å². The van der Waals surface area contributed by atoms with Crippen LogP contribution in [0.15, 0.2) is 58.3 Å². The third-order valence-corrected chi connectivity index (χ3v) is 6.31. The lowest BCUT2D eigenvalue weighted by molar-refractivity contribution is 0.0624. The van der Waals surface area contributed by atoms with Gasteiger partial charge >= 0.3 is 0 Å². The number of β-amino-alcohol motifs (C(OH)–C–C–N with tert-alkyl or cyclic N) is 1. The van der Waals surface area contributed by atoms with Gasteiger partial charge in [-0.25, -0.2) is 0 Å². The predicted octanol–water partition coefficient (Wildman–Crippen LogP) is 3.48. The molecule has 5 rings (SSSR count). The first kappa shape index (κ1) is 15.6. The maximum atomic E-state index is 12.8. The molecule has 4 nitrogen and oxygen atoms in total. The molecule has 3 aromatic rings. The highest BCUT2D eigenvalue weighted by Gasteiger charge is 2.37. The summed E-state index contributed by atoms with van der Waals surface area (Å²) in [6, 6.07) is 16.1. The molecule has 1 N–H and O–H groups in total. The van der Waals surface area contributed by atoms with Gasteiger partial charge in [-0.2, -0.15) is 0 Å². The number of imide groups is 1. The van der Waals surface area contributed by atoms with Crippen molar-refractivity contribution in [3.63, 3.8) is 0 Å². The third-order valence-electron chi connectivity index (χ3n) is 5.09. The molecule has 2 aliphatic heterocycles. The van der Waals surface area contributed by atoms with Crippen LogP contribution in [0.5, 0.6) is 0 Å². The number of aliphatic hydroxyl groups is 1. The Labute approximate surface area is 154 Å². The summed E-state index contributed by atoms with van der Waals surface area (Å²) in [5.41, 5.74) is 3.38. The molecule has 3 aromatic carbocycles. The van der Waals surface area contributed by atoms with Gasteiger partial charge in [0.25, 0.3) is 11.8 Å². The van der Waals surface area contributed by atoms with Gasteiger partial charge < -0.3 is 5.11 Å². The summed E-state index contributed by atoms with van der Waals surface area (Å²) in [6.07, 6.45) is 0.817. The zero-order valence-corrected chi connectivity index (χ0v) is 14.7. The second kappa shape index (κ2) is 5.69. The maximum Gasteiger partial charge on any atom is 0.262 e. The molecule has 0 aromatic heterocycles. The first-order valence-electron chi connectivity index (χ1n) is 8.50. The summed E-state index contributed by atoms with van der Waals surface area (Å²) >= 11 is 1.75. The van der Waals surface area contributed by atoms with Gasteiger partial charge in [-0.1, -0.05) is 42.1 Å². The van der Waals surface area contributed by atoms with E-state index in [0.717, 1.165) is 22.1 Å². The van der Waals surface area contributed by atoms with Gasteiger partial charge in [0.1, 0.15) is 0 Å². The van der Waals surface area contributed by atoms with Crippen molar-refractivity contribution in [1.82, 2.24) is 4.90 Å². The molecule has 128 valence electrons. The van der Waals surface area contributed by atoms with Crippen molar-refractivity contribution in [1.29, 1.82) is 0 Å². The fraction of sp³-hybridized carbons (Fsp3) is 0.143. The Hall–Kier alpha value is -2.63. The molecule has 0 fully saturated rings. The minimum Gasteiger partial charge on any atom is -0.395 e. The Bertz CT molecular complexity index is 1110. The molecule has 0 saturated carbocycles. The summed E-state index contributed by atoms with van der Waals surface area (Å²) in [6.45, 7) is -0.200. The van der Waals surface area contributed by atoms with Crippen molar-refractivity contribution in [3.05, 3.63) is 70.8 Å². The van der Waals surface area contributed by atoms with Crippen LogP contribution in [0, 0.1) is 0 Å². The average molecular weight is 361 g/mol. The van der Waals surface area contributed by atoms with Crippen LogP contribution < -0.4 is 0 Å². The van der Waals surface area contributed by atoms with E-state index in [-0.39, 0.29) is 25.0 Å². The van der Waals surface area contributed by atoms with Crippen molar-refractivity contribution in [2.24, 2.45) is 0 Å². The van der Waals surface area contributed by atoms with Crippen LogP contribution in [0.25, 0.3) is 10.8 Å². The first-order chi connectivity index (χ1) is 12.7. The summed E-state index contributed by atoms with van der Waals surface area (Å²) < 4.78 is 0.